The van der Waals surface area contributed by atoms with Gasteiger partial charge in [0.2, 0.25) is 10.0 Å². The molecule has 1 aromatic heterocycles. The van der Waals surface area contributed by atoms with Crippen molar-refractivity contribution in [2.24, 2.45) is 0 Å². The van der Waals surface area contributed by atoms with Crippen molar-refractivity contribution in [3.8, 4) is 0 Å². The van der Waals surface area contributed by atoms with Gasteiger partial charge < -0.3 is 0 Å². The minimum atomic E-state index is -3.81. The van der Waals surface area contributed by atoms with E-state index in [9.17, 15) is 12.8 Å². The Morgan fingerprint density at radius 1 is 1.32 bits per heavy atom. The van der Waals surface area contributed by atoms with E-state index in [2.05, 4.69) is 38.4 Å². The van der Waals surface area contributed by atoms with Gasteiger partial charge in [-0.2, -0.15) is 4.31 Å². The van der Waals surface area contributed by atoms with E-state index < -0.39 is 15.8 Å². The van der Waals surface area contributed by atoms with Crippen LogP contribution in [0, 0.1) is 5.82 Å². The predicted molar refractivity (Wildman–Crippen MR) is 93.9 cm³/mol. The first kappa shape index (κ1) is 17.8. The fourth-order valence-electron chi connectivity index (χ4n) is 1.87. The summed E-state index contributed by atoms with van der Waals surface area (Å²) < 4.78 is 40.8. The summed E-state index contributed by atoms with van der Waals surface area (Å²) in [6.07, 6.45) is 1.52. The van der Waals surface area contributed by atoms with Gasteiger partial charge in [-0.15, -0.1) is 17.9 Å². The Morgan fingerprint density at radius 3 is 2.45 bits per heavy atom. The lowest BCUT2D eigenvalue weighted by atomic mass is 10.3. The molecule has 3 nitrogen and oxygen atoms in total. The highest BCUT2D eigenvalue weighted by atomic mass is 79.9. The van der Waals surface area contributed by atoms with Crippen molar-refractivity contribution in [2.75, 3.05) is 6.54 Å². The number of rotatable bonds is 6. The van der Waals surface area contributed by atoms with Crippen molar-refractivity contribution in [2.45, 2.75) is 11.4 Å². The third-order valence-electron chi connectivity index (χ3n) is 2.81. The van der Waals surface area contributed by atoms with Crippen LogP contribution < -0.4 is 0 Å². The Labute approximate surface area is 149 Å². The average molecular weight is 469 g/mol. The smallest absolute Gasteiger partial charge is 0.207 e. The molecule has 0 aliphatic rings. The Hall–Kier alpha value is -0.540. The number of hydrogen-bond donors (Lipinski definition) is 0. The van der Waals surface area contributed by atoms with E-state index in [4.69, 9.17) is 0 Å². The Bertz CT molecular complexity index is 753. The van der Waals surface area contributed by atoms with Crippen LogP contribution in [0.3, 0.4) is 0 Å². The van der Waals surface area contributed by atoms with Crippen LogP contribution in [0.25, 0.3) is 0 Å². The molecular formula is C14H12Br2FNO2S2. The minimum Gasteiger partial charge on any atom is -0.207 e. The maximum Gasteiger partial charge on any atom is 0.245 e. The van der Waals surface area contributed by atoms with Crippen LogP contribution in [0.5, 0.6) is 0 Å². The second kappa shape index (κ2) is 7.35. The fraction of sp³-hybridized carbons (Fsp3) is 0.143. The van der Waals surface area contributed by atoms with Crippen molar-refractivity contribution in [1.82, 2.24) is 4.31 Å². The van der Waals surface area contributed by atoms with Crippen molar-refractivity contribution < 1.29 is 12.8 Å². The lowest BCUT2D eigenvalue weighted by Crippen LogP contribution is -2.31. The molecule has 2 aromatic rings. The minimum absolute atomic E-state index is 0.00676. The molecule has 0 saturated heterocycles. The number of nitrogens with zero attached hydrogens (tertiary/aromatic N) is 1. The van der Waals surface area contributed by atoms with E-state index in [1.165, 1.54) is 21.7 Å². The monoisotopic (exact) mass is 467 g/mol. The molecule has 0 fully saturated rings. The molecule has 0 bridgehead atoms. The highest BCUT2D eigenvalue weighted by molar-refractivity contribution is 9.11. The van der Waals surface area contributed by atoms with Gasteiger partial charge in [-0.1, -0.05) is 12.1 Å². The van der Waals surface area contributed by atoms with E-state index in [1.807, 2.05) is 17.5 Å². The third kappa shape index (κ3) is 3.86. The summed E-state index contributed by atoms with van der Waals surface area (Å²) in [7, 11) is -3.81. The zero-order valence-electron chi connectivity index (χ0n) is 11.3. The Balaban J connectivity index is 2.47. The van der Waals surface area contributed by atoms with Crippen LogP contribution in [0.1, 0.15) is 4.88 Å². The van der Waals surface area contributed by atoms with Crippen LogP contribution in [0.2, 0.25) is 0 Å². The molecule has 0 unspecified atom stereocenters. The first-order valence-corrected chi connectivity index (χ1v) is 10.0. The summed E-state index contributed by atoms with van der Waals surface area (Å²) in [5.74, 6) is -0.522. The summed E-state index contributed by atoms with van der Waals surface area (Å²) in [5, 5.41) is 1.89. The molecule has 1 heterocycles. The van der Waals surface area contributed by atoms with E-state index in [1.54, 1.807) is 0 Å². The van der Waals surface area contributed by atoms with E-state index >= 15 is 0 Å². The molecule has 0 aliphatic heterocycles. The summed E-state index contributed by atoms with van der Waals surface area (Å²) in [6.45, 7) is 4.01. The molecular weight excluding hydrogens is 457 g/mol. The Kier molecular flexibility index (Phi) is 5.95. The maximum atomic E-state index is 13.4. The quantitative estimate of drug-likeness (QED) is 0.571. The molecule has 0 aliphatic carbocycles. The fourth-order valence-corrected chi connectivity index (χ4v) is 6.51. The first-order chi connectivity index (χ1) is 10.4. The molecule has 0 atom stereocenters. The zero-order chi connectivity index (χ0) is 16.3. The molecule has 118 valence electrons. The van der Waals surface area contributed by atoms with Crippen molar-refractivity contribution >= 4 is 53.2 Å². The highest BCUT2D eigenvalue weighted by Gasteiger charge is 2.29. The van der Waals surface area contributed by atoms with Gasteiger partial charge in [0.05, 0.1) is 0 Å². The van der Waals surface area contributed by atoms with Crippen LogP contribution in [0.4, 0.5) is 4.39 Å². The molecule has 0 radical (unpaired) electrons. The van der Waals surface area contributed by atoms with Crippen molar-refractivity contribution in [1.29, 1.82) is 0 Å². The summed E-state index contributed by atoms with van der Waals surface area (Å²) in [5.41, 5.74) is 0. The number of thiophene rings is 1. The summed E-state index contributed by atoms with van der Waals surface area (Å²) >= 11 is 7.74. The normalized spacial score (nSPS) is 11.8. The molecule has 8 heteroatoms. The lowest BCUT2D eigenvalue weighted by Gasteiger charge is -2.21. The molecule has 2 rings (SSSR count). The topological polar surface area (TPSA) is 37.4 Å². The zero-order valence-corrected chi connectivity index (χ0v) is 16.1. The van der Waals surface area contributed by atoms with Crippen molar-refractivity contribution in [3.05, 3.63) is 61.9 Å². The van der Waals surface area contributed by atoms with Gasteiger partial charge >= 0.3 is 0 Å². The van der Waals surface area contributed by atoms with E-state index in [0.29, 0.717) is 0 Å². The van der Waals surface area contributed by atoms with Crippen LogP contribution in [-0.4, -0.2) is 19.3 Å². The van der Waals surface area contributed by atoms with Gasteiger partial charge in [-0.3, -0.25) is 0 Å². The molecule has 0 amide bonds. The molecule has 0 N–H and O–H groups in total. The van der Waals surface area contributed by atoms with Gasteiger partial charge in [-0.05, 0) is 55.4 Å². The van der Waals surface area contributed by atoms with Crippen LogP contribution in [-0.2, 0) is 16.6 Å². The predicted octanol–water partition coefficient (Wildman–Crippen LogP) is 4.79. The average Bonchev–Trinajstić information content (AvgIpc) is 2.89. The van der Waals surface area contributed by atoms with Crippen LogP contribution in [0.15, 0.2) is 56.1 Å². The largest absolute Gasteiger partial charge is 0.245 e. The van der Waals surface area contributed by atoms with Gasteiger partial charge in [0.25, 0.3) is 0 Å². The van der Waals surface area contributed by atoms with Gasteiger partial charge in [0.1, 0.15) is 10.7 Å². The second-order valence-corrected chi connectivity index (χ2v) is 8.98. The van der Waals surface area contributed by atoms with E-state index in [0.717, 1.165) is 17.0 Å². The summed E-state index contributed by atoms with van der Waals surface area (Å²) in [6, 6.07) is 6.00. The number of sulfonamides is 1. The third-order valence-corrected chi connectivity index (χ3v) is 7.36. The second-order valence-electron chi connectivity index (χ2n) is 4.36. The SMILES string of the molecule is C=CCN(Cc1cccs1)S(=O)(=O)c1c(Br)cc(F)cc1Br. The number of benzene rings is 1. The van der Waals surface area contributed by atoms with Crippen molar-refractivity contribution in [3.63, 3.8) is 0 Å². The molecule has 1 aromatic carbocycles. The summed E-state index contributed by atoms with van der Waals surface area (Å²) in [4.78, 5) is 0.923. The number of hydrogen-bond acceptors (Lipinski definition) is 3. The van der Waals surface area contributed by atoms with Gasteiger partial charge in [0, 0.05) is 26.9 Å². The Morgan fingerprint density at radius 2 is 1.95 bits per heavy atom. The number of halogens is 3. The van der Waals surface area contributed by atoms with Gasteiger partial charge in [0.15, 0.2) is 0 Å². The lowest BCUT2D eigenvalue weighted by molar-refractivity contribution is 0.440. The molecule has 0 saturated carbocycles. The van der Waals surface area contributed by atoms with Crippen LogP contribution >= 0.6 is 43.2 Å². The first-order valence-electron chi connectivity index (χ1n) is 6.14. The van der Waals surface area contributed by atoms with E-state index in [-0.39, 0.29) is 26.9 Å². The highest BCUT2D eigenvalue weighted by Crippen LogP contribution is 2.34. The maximum absolute atomic E-state index is 13.4. The standard InChI is InChI=1S/C14H12Br2FNO2S2/c1-2-5-18(9-11-4-3-6-21-11)22(19,20)14-12(15)7-10(17)8-13(14)16/h2-4,6-8H,1,5,9H2. The molecule has 0 spiro atoms. The van der Waals surface area contributed by atoms with Gasteiger partial charge in [-0.25, -0.2) is 12.8 Å². The molecule has 22 heavy (non-hydrogen) atoms.